The van der Waals surface area contributed by atoms with Gasteiger partial charge in [-0.25, -0.2) is 0 Å². The highest BCUT2D eigenvalue weighted by molar-refractivity contribution is 7.99. The summed E-state index contributed by atoms with van der Waals surface area (Å²) in [7, 11) is 0. The Labute approximate surface area is 103 Å². The summed E-state index contributed by atoms with van der Waals surface area (Å²) in [4.78, 5) is 0. The topological polar surface area (TPSA) is 70.6 Å². The number of nitrogens with zero attached hydrogens (tertiary/aromatic N) is 1. The average molecular weight is 247 g/mol. The third kappa shape index (κ3) is 6.23. The van der Waals surface area contributed by atoms with Crippen LogP contribution in [0.3, 0.4) is 0 Å². The molecule has 16 heavy (non-hydrogen) atoms. The van der Waals surface area contributed by atoms with E-state index in [0.29, 0.717) is 11.9 Å². The third-order valence-corrected chi connectivity index (χ3v) is 3.76. The molecule has 0 amide bonds. The van der Waals surface area contributed by atoms with Crippen molar-refractivity contribution in [3.63, 3.8) is 0 Å². The van der Waals surface area contributed by atoms with Crippen LogP contribution in [0, 0.1) is 5.41 Å². The first kappa shape index (κ1) is 15.6. The summed E-state index contributed by atoms with van der Waals surface area (Å²) in [6, 6.07) is 0.507. The maximum absolute atomic E-state index is 8.63. The van der Waals surface area contributed by atoms with Crippen molar-refractivity contribution in [1.29, 1.82) is 0 Å². The van der Waals surface area contributed by atoms with E-state index in [-0.39, 0.29) is 5.41 Å². The van der Waals surface area contributed by atoms with Crippen molar-refractivity contribution in [3.05, 3.63) is 0 Å². The summed E-state index contributed by atoms with van der Waals surface area (Å²) < 4.78 is 0. The van der Waals surface area contributed by atoms with E-state index in [1.54, 1.807) is 0 Å². The Morgan fingerprint density at radius 2 is 2.19 bits per heavy atom. The molecule has 4 N–H and O–H groups in total. The van der Waals surface area contributed by atoms with E-state index in [9.17, 15) is 0 Å². The number of rotatable bonds is 8. The molecule has 0 radical (unpaired) electrons. The van der Waals surface area contributed by atoms with Gasteiger partial charge in [-0.1, -0.05) is 25.9 Å². The molecule has 0 saturated carbocycles. The lowest BCUT2D eigenvalue weighted by atomic mass is 9.88. The summed E-state index contributed by atoms with van der Waals surface area (Å²) in [6.07, 6.45) is 0.865. The lowest BCUT2D eigenvalue weighted by Gasteiger charge is -2.24. The van der Waals surface area contributed by atoms with Crippen LogP contribution in [0.15, 0.2) is 5.16 Å². The lowest BCUT2D eigenvalue weighted by Crippen LogP contribution is -2.37. The van der Waals surface area contributed by atoms with Crippen LogP contribution in [-0.2, 0) is 0 Å². The van der Waals surface area contributed by atoms with Crippen LogP contribution in [0.5, 0.6) is 0 Å². The molecule has 0 aliphatic rings. The molecule has 0 heterocycles. The number of oxime groups is 1. The van der Waals surface area contributed by atoms with Crippen LogP contribution < -0.4 is 11.1 Å². The van der Waals surface area contributed by atoms with Gasteiger partial charge in [0.15, 0.2) is 0 Å². The van der Waals surface area contributed by atoms with Crippen LogP contribution in [0.2, 0.25) is 0 Å². The van der Waals surface area contributed by atoms with Gasteiger partial charge in [0.1, 0.15) is 5.84 Å². The molecule has 0 rings (SSSR count). The van der Waals surface area contributed by atoms with Gasteiger partial charge in [-0.2, -0.15) is 11.8 Å². The van der Waals surface area contributed by atoms with Gasteiger partial charge in [0.25, 0.3) is 0 Å². The largest absolute Gasteiger partial charge is 0.409 e. The van der Waals surface area contributed by atoms with Crippen molar-refractivity contribution < 1.29 is 5.21 Å². The lowest BCUT2D eigenvalue weighted by molar-refractivity contribution is 0.304. The molecule has 0 saturated heterocycles. The van der Waals surface area contributed by atoms with Crippen LogP contribution in [0.1, 0.15) is 34.1 Å². The highest BCUT2D eigenvalue weighted by atomic mass is 32.2. The molecule has 5 heteroatoms. The SMILES string of the molecule is CCSCC(C)NCCC(C)(C)C(N)=NO. The Kier molecular flexibility index (Phi) is 7.58. The zero-order chi connectivity index (χ0) is 12.6. The normalized spacial score (nSPS) is 15.1. The number of amidine groups is 1. The van der Waals surface area contributed by atoms with Crippen molar-refractivity contribution >= 4 is 17.6 Å². The van der Waals surface area contributed by atoms with E-state index >= 15 is 0 Å². The second-order valence-corrected chi connectivity index (χ2v) is 5.95. The van der Waals surface area contributed by atoms with Gasteiger partial charge in [0.2, 0.25) is 0 Å². The minimum absolute atomic E-state index is 0.251. The first-order chi connectivity index (χ1) is 7.44. The molecular weight excluding hydrogens is 222 g/mol. The quantitative estimate of drug-likeness (QED) is 0.265. The number of hydrogen-bond donors (Lipinski definition) is 3. The summed E-state index contributed by atoms with van der Waals surface area (Å²) in [5.41, 5.74) is 5.37. The molecule has 0 aromatic rings. The second kappa shape index (κ2) is 7.79. The molecule has 0 aromatic heterocycles. The molecule has 0 aromatic carbocycles. The molecule has 0 aliphatic heterocycles. The average Bonchev–Trinajstić information content (AvgIpc) is 2.24. The van der Waals surface area contributed by atoms with E-state index in [1.165, 1.54) is 0 Å². The third-order valence-electron chi connectivity index (χ3n) is 2.62. The first-order valence-corrected chi connectivity index (χ1v) is 6.88. The number of nitrogens with two attached hydrogens (primary N) is 1. The molecule has 4 nitrogen and oxygen atoms in total. The van der Waals surface area contributed by atoms with Crippen LogP contribution in [0.4, 0.5) is 0 Å². The smallest absolute Gasteiger partial charge is 0.144 e. The Morgan fingerprint density at radius 1 is 1.56 bits per heavy atom. The van der Waals surface area contributed by atoms with Gasteiger partial charge >= 0.3 is 0 Å². The molecule has 0 spiro atoms. The molecule has 0 bridgehead atoms. The van der Waals surface area contributed by atoms with E-state index in [2.05, 4.69) is 24.3 Å². The fourth-order valence-electron chi connectivity index (χ4n) is 1.25. The molecule has 1 atom stereocenters. The Hall–Kier alpha value is -0.420. The van der Waals surface area contributed by atoms with Gasteiger partial charge in [-0.05, 0) is 25.6 Å². The molecule has 96 valence electrons. The monoisotopic (exact) mass is 247 g/mol. The van der Waals surface area contributed by atoms with E-state index in [4.69, 9.17) is 10.9 Å². The van der Waals surface area contributed by atoms with Gasteiger partial charge in [-0.3, -0.25) is 0 Å². The summed E-state index contributed by atoms with van der Waals surface area (Å²) >= 11 is 1.93. The number of thioether (sulfide) groups is 1. The van der Waals surface area contributed by atoms with Crippen molar-refractivity contribution in [1.82, 2.24) is 5.32 Å². The predicted molar refractivity (Wildman–Crippen MR) is 72.3 cm³/mol. The predicted octanol–water partition coefficient (Wildman–Crippen LogP) is 1.88. The summed E-state index contributed by atoms with van der Waals surface area (Å²) in [6.45, 7) is 9.19. The van der Waals surface area contributed by atoms with Gasteiger partial charge in [0, 0.05) is 17.2 Å². The summed E-state index contributed by atoms with van der Waals surface area (Å²) in [5.74, 6) is 2.58. The Morgan fingerprint density at radius 3 is 2.69 bits per heavy atom. The van der Waals surface area contributed by atoms with Crippen molar-refractivity contribution in [2.24, 2.45) is 16.3 Å². The molecule has 0 fully saturated rings. The minimum Gasteiger partial charge on any atom is -0.409 e. The Balaban J connectivity index is 3.80. The zero-order valence-corrected chi connectivity index (χ0v) is 11.6. The van der Waals surface area contributed by atoms with Crippen LogP contribution in [-0.4, -0.2) is 35.1 Å². The van der Waals surface area contributed by atoms with Crippen LogP contribution in [0.25, 0.3) is 0 Å². The fraction of sp³-hybridized carbons (Fsp3) is 0.909. The van der Waals surface area contributed by atoms with E-state index < -0.39 is 0 Å². The van der Waals surface area contributed by atoms with E-state index in [1.807, 2.05) is 25.6 Å². The number of hydrogen-bond acceptors (Lipinski definition) is 4. The Bertz CT molecular complexity index is 219. The van der Waals surface area contributed by atoms with Crippen molar-refractivity contribution in [2.45, 2.75) is 40.2 Å². The van der Waals surface area contributed by atoms with E-state index in [0.717, 1.165) is 24.5 Å². The van der Waals surface area contributed by atoms with Crippen molar-refractivity contribution in [3.8, 4) is 0 Å². The summed E-state index contributed by atoms with van der Waals surface area (Å²) in [5, 5.41) is 15.1. The zero-order valence-electron chi connectivity index (χ0n) is 10.8. The number of nitrogens with one attached hydrogen (secondary N) is 1. The maximum Gasteiger partial charge on any atom is 0.144 e. The minimum atomic E-state index is -0.251. The fourth-order valence-corrected chi connectivity index (χ4v) is 1.96. The van der Waals surface area contributed by atoms with Gasteiger partial charge in [-0.15, -0.1) is 0 Å². The maximum atomic E-state index is 8.63. The molecule has 1 unspecified atom stereocenters. The van der Waals surface area contributed by atoms with Gasteiger partial charge in [0.05, 0.1) is 0 Å². The van der Waals surface area contributed by atoms with Crippen LogP contribution >= 0.6 is 11.8 Å². The standard InChI is InChI=1S/C11H25N3OS/c1-5-16-8-9(2)13-7-6-11(3,4)10(12)14-15/h9,13,15H,5-8H2,1-4H3,(H2,12,14). The highest BCUT2D eigenvalue weighted by Crippen LogP contribution is 2.19. The second-order valence-electron chi connectivity index (χ2n) is 4.63. The highest BCUT2D eigenvalue weighted by Gasteiger charge is 2.23. The molecular formula is C11H25N3OS. The molecule has 0 aliphatic carbocycles. The van der Waals surface area contributed by atoms with Gasteiger partial charge < -0.3 is 16.3 Å². The first-order valence-electron chi connectivity index (χ1n) is 5.73. The van der Waals surface area contributed by atoms with Crippen molar-refractivity contribution in [2.75, 3.05) is 18.1 Å².